The standard InChI is InChI=1S/C12H13ClFN3O2/c13-9-1-12(17(18)19)11(2-10(9)14)16-5-7-3-15-4-8(7)6-16/h1-2,7-8,15H,3-6H2/t7-,8+. The zero-order chi connectivity index (χ0) is 13.6. The molecule has 2 heterocycles. The second kappa shape index (κ2) is 4.61. The molecule has 19 heavy (non-hydrogen) atoms. The second-order valence-corrected chi connectivity index (χ2v) is 5.50. The minimum atomic E-state index is -0.613. The number of benzene rings is 1. The lowest BCUT2D eigenvalue weighted by Gasteiger charge is -2.19. The molecule has 2 fully saturated rings. The van der Waals surface area contributed by atoms with Crippen LogP contribution in [0.3, 0.4) is 0 Å². The van der Waals surface area contributed by atoms with Gasteiger partial charge in [0.05, 0.1) is 9.95 Å². The third kappa shape index (κ3) is 2.15. The summed E-state index contributed by atoms with van der Waals surface area (Å²) in [5.74, 6) is 0.356. The minimum Gasteiger partial charge on any atom is -0.365 e. The van der Waals surface area contributed by atoms with E-state index in [2.05, 4.69) is 5.32 Å². The first-order valence-corrected chi connectivity index (χ1v) is 6.53. The third-order valence-corrected chi connectivity index (χ3v) is 4.23. The Balaban J connectivity index is 1.96. The molecule has 0 saturated carbocycles. The number of rotatable bonds is 2. The molecule has 2 aliphatic heterocycles. The Labute approximate surface area is 114 Å². The van der Waals surface area contributed by atoms with Gasteiger partial charge >= 0.3 is 0 Å². The molecule has 102 valence electrons. The number of anilines is 1. The number of fused-ring (bicyclic) bond motifs is 1. The average molecular weight is 286 g/mol. The van der Waals surface area contributed by atoms with Gasteiger partial charge in [0.1, 0.15) is 11.5 Å². The molecule has 1 aromatic rings. The van der Waals surface area contributed by atoms with Gasteiger partial charge in [-0.1, -0.05) is 11.6 Å². The average Bonchev–Trinajstić information content (AvgIpc) is 2.92. The normalized spacial score (nSPS) is 25.7. The topological polar surface area (TPSA) is 58.4 Å². The first-order chi connectivity index (χ1) is 9.06. The Morgan fingerprint density at radius 1 is 1.37 bits per heavy atom. The van der Waals surface area contributed by atoms with Crippen molar-refractivity contribution >= 4 is 23.0 Å². The predicted octanol–water partition coefficient (Wildman–Crippen LogP) is 2.04. The predicted molar refractivity (Wildman–Crippen MR) is 70.1 cm³/mol. The van der Waals surface area contributed by atoms with Crippen molar-refractivity contribution in [2.24, 2.45) is 11.8 Å². The molecule has 0 unspecified atom stereocenters. The van der Waals surface area contributed by atoms with E-state index >= 15 is 0 Å². The Morgan fingerprint density at radius 3 is 2.58 bits per heavy atom. The Kier molecular flexibility index (Phi) is 3.06. The largest absolute Gasteiger partial charge is 0.365 e. The van der Waals surface area contributed by atoms with Gasteiger partial charge < -0.3 is 10.2 Å². The Hall–Kier alpha value is -1.40. The van der Waals surface area contributed by atoms with Gasteiger partial charge in [0.2, 0.25) is 0 Å². The van der Waals surface area contributed by atoms with E-state index < -0.39 is 10.7 Å². The van der Waals surface area contributed by atoms with E-state index in [-0.39, 0.29) is 10.7 Å². The van der Waals surface area contributed by atoms with Crippen molar-refractivity contribution in [2.45, 2.75) is 0 Å². The maximum absolute atomic E-state index is 13.6. The highest BCUT2D eigenvalue weighted by Crippen LogP contribution is 2.38. The van der Waals surface area contributed by atoms with Crippen LogP contribution in [0.4, 0.5) is 15.8 Å². The minimum absolute atomic E-state index is 0.126. The number of nitrogens with zero attached hydrogens (tertiary/aromatic N) is 2. The zero-order valence-corrected chi connectivity index (χ0v) is 10.9. The van der Waals surface area contributed by atoms with E-state index in [0.29, 0.717) is 17.5 Å². The van der Waals surface area contributed by atoms with E-state index in [4.69, 9.17) is 11.6 Å². The highest BCUT2D eigenvalue weighted by atomic mass is 35.5. The number of nitrogens with one attached hydrogen (secondary N) is 1. The maximum Gasteiger partial charge on any atom is 0.294 e. The number of halogens is 2. The van der Waals surface area contributed by atoms with Crippen LogP contribution >= 0.6 is 11.6 Å². The van der Waals surface area contributed by atoms with Crippen LogP contribution in [0.15, 0.2) is 12.1 Å². The molecule has 0 bridgehead atoms. The summed E-state index contributed by atoms with van der Waals surface area (Å²) in [7, 11) is 0. The Bertz CT molecular complexity index is 528. The molecule has 1 aromatic carbocycles. The molecule has 0 amide bonds. The Morgan fingerprint density at radius 2 is 2.00 bits per heavy atom. The maximum atomic E-state index is 13.6. The second-order valence-electron chi connectivity index (χ2n) is 5.10. The van der Waals surface area contributed by atoms with Gasteiger partial charge in [-0.05, 0) is 11.8 Å². The lowest BCUT2D eigenvalue weighted by atomic mass is 10.0. The molecule has 1 N–H and O–H groups in total. The molecule has 3 rings (SSSR count). The molecule has 0 aliphatic carbocycles. The van der Waals surface area contributed by atoms with Crippen LogP contribution in [0, 0.1) is 27.8 Å². The fourth-order valence-electron chi connectivity index (χ4n) is 2.98. The molecular formula is C12H13ClFN3O2. The lowest BCUT2D eigenvalue weighted by molar-refractivity contribution is -0.384. The van der Waals surface area contributed by atoms with Gasteiger partial charge in [0, 0.05) is 38.3 Å². The van der Waals surface area contributed by atoms with Gasteiger partial charge in [-0.15, -0.1) is 0 Å². The van der Waals surface area contributed by atoms with Crippen LogP contribution in [-0.4, -0.2) is 31.1 Å². The summed E-state index contributed by atoms with van der Waals surface area (Å²) in [5, 5.41) is 14.2. The highest BCUT2D eigenvalue weighted by molar-refractivity contribution is 6.31. The summed E-state index contributed by atoms with van der Waals surface area (Å²) >= 11 is 5.62. The SMILES string of the molecule is O=[N+]([O-])c1cc(Cl)c(F)cc1N1C[C@H]2CNC[C@H]2C1. The number of nitro groups is 1. The molecule has 7 heteroatoms. The van der Waals surface area contributed by atoms with E-state index in [1.54, 1.807) is 0 Å². The first kappa shape index (κ1) is 12.6. The van der Waals surface area contributed by atoms with Crippen LogP contribution in [0.2, 0.25) is 5.02 Å². The van der Waals surface area contributed by atoms with Crippen LogP contribution < -0.4 is 10.2 Å². The van der Waals surface area contributed by atoms with Crippen LogP contribution in [0.1, 0.15) is 0 Å². The molecule has 5 nitrogen and oxygen atoms in total. The van der Waals surface area contributed by atoms with Crippen LogP contribution in [0.5, 0.6) is 0 Å². The molecule has 2 atom stereocenters. The van der Waals surface area contributed by atoms with E-state index in [1.807, 2.05) is 4.90 Å². The van der Waals surface area contributed by atoms with Gasteiger partial charge in [0.25, 0.3) is 5.69 Å². The molecule has 0 radical (unpaired) electrons. The lowest BCUT2D eigenvalue weighted by Crippen LogP contribution is -2.26. The van der Waals surface area contributed by atoms with Gasteiger partial charge in [0.15, 0.2) is 0 Å². The molecular weight excluding hydrogens is 273 g/mol. The van der Waals surface area contributed by atoms with Gasteiger partial charge in [-0.3, -0.25) is 10.1 Å². The third-order valence-electron chi connectivity index (χ3n) is 3.94. The summed E-state index contributed by atoms with van der Waals surface area (Å²) in [6, 6.07) is 2.27. The van der Waals surface area contributed by atoms with E-state index in [0.717, 1.165) is 32.2 Å². The summed E-state index contributed by atoms with van der Waals surface area (Å²) < 4.78 is 13.6. The van der Waals surface area contributed by atoms with Crippen molar-refractivity contribution in [3.8, 4) is 0 Å². The van der Waals surface area contributed by atoms with Crippen molar-refractivity contribution in [1.82, 2.24) is 5.32 Å². The highest BCUT2D eigenvalue weighted by Gasteiger charge is 2.38. The van der Waals surface area contributed by atoms with Crippen molar-refractivity contribution in [3.05, 3.63) is 33.1 Å². The monoisotopic (exact) mass is 285 g/mol. The molecule has 2 aliphatic rings. The van der Waals surface area contributed by atoms with Crippen molar-refractivity contribution in [2.75, 3.05) is 31.1 Å². The van der Waals surface area contributed by atoms with E-state index in [9.17, 15) is 14.5 Å². The van der Waals surface area contributed by atoms with Crippen molar-refractivity contribution < 1.29 is 9.31 Å². The van der Waals surface area contributed by atoms with Crippen molar-refractivity contribution in [1.29, 1.82) is 0 Å². The smallest absolute Gasteiger partial charge is 0.294 e. The summed E-state index contributed by atoms with van der Waals surface area (Å²) in [5.41, 5.74) is 0.209. The quantitative estimate of drug-likeness (QED) is 0.667. The number of nitro benzene ring substituents is 1. The number of hydrogen-bond donors (Lipinski definition) is 1. The molecule has 0 aromatic heterocycles. The summed E-state index contributed by atoms with van der Waals surface area (Å²) in [4.78, 5) is 12.5. The fourth-order valence-corrected chi connectivity index (χ4v) is 3.14. The fraction of sp³-hybridized carbons (Fsp3) is 0.500. The van der Waals surface area contributed by atoms with Gasteiger partial charge in [-0.25, -0.2) is 4.39 Å². The molecule has 0 spiro atoms. The molecule has 2 saturated heterocycles. The zero-order valence-electron chi connectivity index (χ0n) is 10.1. The van der Waals surface area contributed by atoms with E-state index in [1.165, 1.54) is 6.07 Å². The number of hydrogen-bond acceptors (Lipinski definition) is 4. The van der Waals surface area contributed by atoms with Crippen molar-refractivity contribution in [3.63, 3.8) is 0 Å². The van der Waals surface area contributed by atoms with Crippen LogP contribution in [0.25, 0.3) is 0 Å². The van der Waals surface area contributed by atoms with Crippen LogP contribution in [-0.2, 0) is 0 Å². The summed E-state index contributed by atoms with van der Waals surface area (Å²) in [6.07, 6.45) is 0. The summed E-state index contributed by atoms with van der Waals surface area (Å²) in [6.45, 7) is 3.29. The first-order valence-electron chi connectivity index (χ1n) is 6.15. The van der Waals surface area contributed by atoms with Gasteiger partial charge in [-0.2, -0.15) is 0 Å².